The molecule has 13 heteroatoms. The first-order chi connectivity index (χ1) is 25.8. The van der Waals surface area contributed by atoms with Gasteiger partial charge in [-0.3, -0.25) is 35.1 Å². The number of hydrogen-bond acceptors (Lipinski definition) is 9. The Morgan fingerprint density at radius 3 is 2.49 bits per heavy atom. The van der Waals surface area contributed by atoms with Crippen molar-refractivity contribution in [1.82, 2.24) is 25.6 Å². The van der Waals surface area contributed by atoms with Gasteiger partial charge in [-0.15, -0.1) is 0 Å². The second kappa shape index (κ2) is 17.0. The summed E-state index contributed by atoms with van der Waals surface area (Å²) < 4.78 is 11.3. The largest absolute Gasteiger partial charge is 0.508 e. The number of hydrogen-bond donors (Lipinski definition) is 3. The van der Waals surface area contributed by atoms with Crippen molar-refractivity contribution in [1.29, 1.82) is 0 Å². The molecule has 2 fully saturated rings. The van der Waals surface area contributed by atoms with Crippen LogP contribution >= 0.6 is 0 Å². The highest BCUT2D eigenvalue weighted by molar-refractivity contribution is 5.96. The number of cyclic esters (lactones) is 1. The van der Waals surface area contributed by atoms with Crippen LogP contribution in [0.25, 0.3) is 10.9 Å². The third-order valence-corrected chi connectivity index (χ3v) is 9.87. The Hall–Kier alpha value is -5.98. The Balaban J connectivity index is 1.38. The van der Waals surface area contributed by atoms with Crippen LogP contribution in [0.3, 0.4) is 0 Å². The maximum atomic E-state index is 14.6. The number of β-lactam (4-membered cyclic amide) rings is 1. The molecule has 13 nitrogen and oxygen atoms in total. The van der Waals surface area contributed by atoms with Gasteiger partial charge in [0.15, 0.2) is 0 Å². The average molecular weight is 722 g/mol. The molecule has 0 aliphatic carbocycles. The number of nitrogens with zero attached hydrogens (tertiary/aromatic N) is 3. The van der Waals surface area contributed by atoms with Gasteiger partial charge in [0.2, 0.25) is 18.2 Å². The first kappa shape index (κ1) is 36.8. The smallest absolute Gasteiger partial charge is 0.410 e. The number of para-hydroxylation sites is 1. The summed E-state index contributed by atoms with van der Waals surface area (Å²) in [6, 6.07) is 24.0. The summed E-state index contributed by atoms with van der Waals surface area (Å²) >= 11 is 0. The van der Waals surface area contributed by atoms with Crippen LogP contribution in [0.2, 0.25) is 0 Å². The molecule has 4 amide bonds. The van der Waals surface area contributed by atoms with Crippen molar-refractivity contribution in [2.75, 3.05) is 6.61 Å². The molecular formula is C40H43N5O8. The number of fused-ring (bicyclic) bond motifs is 1. The van der Waals surface area contributed by atoms with Crippen LogP contribution in [0.1, 0.15) is 49.4 Å². The predicted octanol–water partition coefficient (Wildman–Crippen LogP) is 4.21. The number of rotatable bonds is 17. The van der Waals surface area contributed by atoms with Gasteiger partial charge in [0.25, 0.3) is 0 Å². The van der Waals surface area contributed by atoms with E-state index in [0.717, 1.165) is 28.6 Å². The number of hydrazine groups is 1. The summed E-state index contributed by atoms with van der Waals surface area (Å²) in [5.41, 5.74) is 7.52. The van der Waals surface area contributed by atoms with E-state index in [1.807, 2.05) is 73.7 Å². The maximum absolute atomic E-state index is 14.6. The summed E-state index contributed by atoms with van der Waals surface area (Å²) in [7, 11) is 0. The minimum Gasteiger partial charge on any atom is -0.508 e. The standard InChI is InChI=1S/C40H43N5O8/c1-2-8-31-24-53-40(51)44(31)37-34(20-17-30-16-15-28-11-6-7-12-33(28)42-30)45(38(37)49)36(39(50)52-23-27-13-18-32(47)19-14-27)29(22-35(48)43-41-25-46)21-26-9-4-3-5-10-26/h3-7,9-16,18-19,25,29,31,34,36-37,47H,2,8,17,20-24H2,1H3,(H,41,46)(H,43,48)/t29-,31-,34?,36?,37?/m0/s1. The lowest BCUT2D eigenvalue weighted by Gasteiger charge is -2.54. The number of esters is 1. The zero-order valence-electron chi connectivity index (χ0n) is 29.4. The van der Waals surface area contributed by atoms with Crippen molar-refractivity contribution in [2.45, 2.75) is 76.2 Å². The molecule has 2 aliphatic rings. The molecule has 3 heterocycles. The Morgan fingerprint density at radius 1 is 0.981 bits per heavy atom. The van der Waals surface area contributed by atoms with Gasteiger partial charge in [0.05, 0.1) is 17.6 Å². The Morgan fingerprint density at radius 2 is 1.74 bits per heavy atom. The number of pyridine rings is 1. The third kappa shape index (κ3) is 8.57. The van der Waals surface area contributed by atoms with Crippen LogP contribution in [0.4, 0.5) is 4.79 Å². The number of likely N-dealkylation sites (tertiary alicyclic amines) is 1. The number of benzene rings is 3. The fraction of sp³-hybridized carbons (Fsp3) is 0.350. The lowest BCUT2D eigenvalue weighted by atomic mass is 9.80. The monoisotopic (exact) mass is 721 g/mol. The van der Waals surface area contributed by atoms with Gasteiger partial charge in [0.1, 0.15) is 31.0 Å². The van der Waals surface area contributed by atoms with Crippen molar-refractivity contribution < 1.29 is 38.6 Å². The second-order valence-electron chi connectivity index (χ2n) is 13.4. The summed E-state index contributed by atoms with van der Waals surface area (Å²) in [6.07, 6.45) is 1.90. The molecule has 3 aromatic carbocycles. The molecule has 3 N–H and O–H groups in total. The number of phenols is 1. The highest BCUT2D eigenvalue weighted by Crippen LogP contribution is 2.38. The third-order valence-electron chi connectivity index (χ3n) is 9.87. The Kier molecular flexibility index (Phi) is 11.8. The van der Waals surface area contributed by atoms with E-state index in [2.05, 4.69) is 10.9 Å². The van der Waals surface area contributed by atoms with E-state index < -0.39 is 47.9 Å². The van der Waals surface area contributed by atoms with E-state index in [-0.39, 0.29) is 37.8 Å². The van der Waals surface area contributed by atoms with E-state index in [1.165, 1.54) is 21.9 Å². The van der Waals surface area contributed by atoms with Crippen molar-refractivity contribution in [3.8, 4) is 5.75 Å². The van der Waals surface area contributed by atoms with Crippen molar-refractivity contribution >= 4 is 41.2 Å². The molecule has 0 bridgehead atoms. The van der Waals surface area contributed by atoms with Gasteiger partial charge < -0.3 is 19.5 Å². The van der Waals surface area contributed by atoms with E-state index in [1.54, 1.807) is 12.1 Å². The lowest BCUT2D eigenvalue weighted by Crippen LogP contribution is -2.76. The minimum atomic E-state index is -1.25. The number of phenolic OH excluding ortho intramolecular Hbond substituents is 1. The zero-order valence-corrected chi connectivity index (χ0v) is 29.4. The van der Waals surface area contributed by atoms with Crippen LogP contribution in [-0.4, -0.2) is 81.0 Å². The van der Waals surface area contributed by atoms with Gasteiger partial charge in [-0.05, 0) is 61.1 Å². The first-order valence-corrected chi connectivity index (χ1v) is 17.9. The molecule has 0 saturated carbocycles. The fourth-order valence-electron chi connectivity index (χ4n) is 7.38. The predicted molar refractivity (Wildman–Crippen MR) is 194 cm³/mol. The highest BCUT2D eigenvalue weighted by atomic mass is 16.6. The normalized spacial score (nSPS) is 19.2. The zero-order chi connectivity index (χ0) is 37.3. The topological polar surface area (TPSA) is 167 Å². The highest BCUT2D eigenvalue weighted by Gasteiger charge is 2.59. The van der Waals surface area contributed by atoms with Crippen LogP contribution < -0.4 is 10.9 Å². The minimum absolute atomic E-state index is 0.0543. The molecule has 0 spiro atoms. The lowest BCUT2D eigenvalue weighted by molar-refractivity contribution is -0.178. The van der Waals surface area contributed by atoms with Gasteiger partial charge in [-0.2, -0.15) is 0 Å². The maximum Gasteiger partial charge on any atom is 0.410 e. The molecule has 2 saturated heterocycles. The molecule has 4 aromatic rings. The number of carbonyl (C=O) groups is 5. The quantitative estimate of drug-likeness (QED) is 0.0627. The number of aromatic nitrogens is 1. The average Bonchev–Trinajstić information content (AvgIpc) is 3.52. The molecule has 3 unspecified atom stereocenters. The summed E-state index contributed by atoms with van der Waals surface area (Å²) in [4.78, 5) is 74.3. The molecule has 276 valence electrons. The molecular weight excluding hydrogens is 678 g/mol. The Bertz CT molecular complexity index is 1920. The van der Waals surface area contributed by atoms with E-state index in [0.29, 0.717) is 31.2 Å². The number of ether oxygens (including phenoxy) is 2. The van der Waals surface area contributed by atoms with Crippen LogP contribution in [0.15, 0.2) is 91.0 Å². The molecule has 53 heavy (non-hydrogen) atoms. The van der Waals surface area contributed by atoms with Crippen LogP contribution in [-0.2, 0) is 48.1 Å². The summed E-state index contributed by atoms with van der Waals surface area (Å²) in [5, 5.41) is 10.7. The summed E-state index contributed by atoms with van der Waals surface area (Å²) in [5.74, 6) is -2.50. The molecule has 6 rings (SSSR count). The number of aryl methyl sites for hydroxylation is 1. The van der Waals surface area contributed by atoms with Gasteiger partial charge in [-0.1, -0.05) is 80.1 Å². The number of carbonyl (C=O) groups excluding carboxylic acids is 5. The van der Waals surface area contributed by atoms with Crippen molar-refractivity contribution in [3.63, 3.8) is 0 Å². The number of nitrogens with one attached hydrogen (secondary N) is 2. The summed E-state index contributed by atoms with van der Waals surface area (Å²) in [6.45, 7) is 2.01. The van der Waals surface area contributed by atoms with Crippen LogP contribution in [0, 0.1) is 5.92 Å². The van der Waals surface area contributed by atoms with E-state index >= 15 is 0 Å². The molecule has 5 atom stereocenters. The van der Waals surface area contributed by atoms with Crippen LogP contribution in [0.5, 0.6) is 5.75 Å². The van der Waals surface area contributed by atoms with Crippen molar-refractivity contribution in [3.05, 3.63) is 108 Å². The van der Waals surface area contributed by atoms with E-state index in [4.69, 9.17) is 14.5 Å². The molecule has 0 radical (unpaired) electrons. The van der Waals surface area contributed by atoms with Crippen molar-refractivity contribution in [2.24, 2.45) is 5.92 Å². The van der Waals surface area contributed by atoms with Gasteiger partial charge in [-0.25, -0.2) is 9.59 Å². The number of amides is 4. The van der Waals surface area contributed by atoms with E-state index in [9.17, 15) is 29.1 Å². The Labute approximate surface area is 307 Å². The van der Waals surface area contributed by atoms with Gasteiger partial charge in [0, 0.05) is 23.4 Å². The number of aromatic hydroxyl groups is 1. The fourth-order valence-corrected chi connectivity index (χ4v) is 7.38. The first-order valence-electron chi connectivity index (χ1n) is 17.9. The second-order valence-corrected chi connectivity index (χ2v) is 13.4. The van der Waals surface area contributed by atoms with Gasteiger partial charge >= 0.3 is 12.1 Å². The SMILES string of the molecule is CCC[C@H]1COC(=O)N1C1C(=O)N(C(C(=O)OCc2ccc(O)cc2)[C@H](CC(=O)NNC=O)Cc2ccccc2)C1CCc1ccc2ccccc2n1. The molecule has 1 aromatic heterocycles. The molecule has 2 aliphatic heterocycles.